The molecule has 0 amide bonds. The summed E-state index contributed by atoms with van der Waals surface area (Å²) >= 11 is 0. The van der Waals surface area contributed by atoms with E-state index >= 15 is 0 Å². The highest BCUT2D eigenvalue weighted by atomic mass is 15.2. The summed E-state index contributed by atoms with van der Waals surface area (Å²) in [5, 5.41) is 0. The zero-order chi connectivity index (χ0) is 54.6. The van der Waals surface area contributed by atoms with Crippen LogP contribution in [0, 0.1) is 0 Å². The predicted octanol–water partition coefficient (Wildman–Crippen LogP) is 18.9. The molecule has 386 valence electrons. The van der Waals surface area contributed by atoms with Gasteiger partial charge in [-0.15, -0.1) is 0 Å². The molecule has 11 rings (SSSR count). The van der Waals surface area contributed by atoms with Crippen LogP contribution in [0.3, 0.4) is 0 Å². The monoisotopic (exact) mass is 1000 g/mol. The molecule has 0 saturated heterocycles. The number of anilines is 6. The molecule has 2 aliphatic heterocycles. The Hall–Kier alpha value is -7.36. The first-order chi connectivity index (χ1) is 36.4. The molecule has 0 saturated carbocycles. The SMILES string of the molecule is CC(C)(C)c1ccc(N2c3ccc(-c4ccccc4)cc3B3c4cc(-c5ccc(C(C)(C)C)cc5C(C)(C)C)ccc4N(c4ccc(C(C)(C)C)cc4-c4ccccc4)c4cc(C(C)(C)C)cc2c43)c(-c2ccccc2)c1. The summed E-state index contributed by atoms with van der Waals surface area (Å²) in [5.74, 6) is 0. The lowest BCUT2D eigenvalue weighted by atomic mass is 9.33. The van der Waals surface area contributed by atoms with Crippen molar-refractivity contribution < 1.29 is 0 Å². The first-order valence-electron chi connectivity index (χ1n) is 28.0. The molecule has 0 bridgehead atoms. The van der Waals surface area contributed by atoms with Crippen LogP contribution in [0.4, 0.5) is 34.1 Å². The fourth-order valence-corrected chi connectivity index (χ4v) is 11.9. The van der Waals surface area contributed by atoms with Crippen molar-refractivity contribution in [1.82, 2.24) is 0 Å². The molecule has 0 unspecified atom stereocenters. The summed E-state index contributed by atoms with van der Waals surface area (Å²) in [7, 11) is 0. The standard InChI is InChI=1S/C74H77BN2/c1-70(2,3)53-34-39-63(58(43-53)49-27-21-17-22-28-49)76-65-37-31-51(48-25-19-16-20-26-48)41-61(65)75-62-42-52(57-36-33-55(72(7,8)9)45-60(57)74(13,14)15)32-38-66(62)77(68-47-56(73(10,11)12)46-67(76)69(68)75)64-40-35-54(71(4,5)6)44-59(64)50-29-23-18-24-30-50/h16-47H,1-15H3. The lowest BCUT2D eigenvalue weighted by Gasteiger charge is -2.46. The number of nitrogens with zero attached hydrogens (tertiary/aromatic N) is 2. The fraction of sp³-hybridized carbons (Fsp3) is 0.270. The Morgan fingerprint density at radius 2 is 0.636 bits per heavy atom. The summed E-state index contributed by atoms with van der Waals surface area (Å²) in [6, 6.07) is 74.7. The van der Waals surface area contributed by atoms with Crippen LogP contribution >= 0.6 is 0 Å². The maximum atomic E-state index is 2.65. The summed E-state index contributed by atoms with van der Waals surface area (Å²) in [5.41, 5.74) is 27.2. The quantitative estimate of drug-likeness (QED) is 0.153. The second-order valence-corrected chi connectivity index (χ2v) is 27.2. The van der Waals surface area contributed by atoms with E-state index in [0.29, 0.717) is 0 Å². The van der Waals surface area contributed by atoms with E-state index in [9.17, 15) is 0 Å². The molecule has 0 radical (unpaired) electrons. The van der Waals surface area contributed by atoms with Gasteiger partial charge in [0, 0.05) is 33.9 Å². The molecule has 2 heterocycles. The molecule has 0 atom stereocenters. The minimum absolute atomic E-state index is 0.0154. The highest BCUT2D eigenvalue weighted by molar-refractivity contribution is 7.00. The first-order valence-corrected chi connectivity index (χ1v) is 28.0. The van der Waals surface area contributed by atoms with E-state index in [1.807, 2.05) is 0 Å². The summed E-state index contributed by atoms with van der Waals surface area (Å²) in [6.07, 6.45) is 0. The van der Waals surface area contributed by atoms with Gasteiger partial charge in [-0.3, -0.25) is 0 Å². The van der Waals surface area contributed by atoms with Gasteiger partial charge in [-0.1, -0.05) is 249 Å². The number of rotatable bonds is 6. The zero-order valence-corrected chi connectivity index (χ0v) is 48.4. The van der Waals surface area contributed by atoms with E-state index in [-0.39, 0.29) is 33.8 Å². The predicted molar refractivity (Wildman–Crippen MR) is 336 cm³/mol. The minimum Gasteiger partial charge on any atom is -0.311 e. The van der Waals surface area contributed by atoms with Gasteiger partial charge >= 0.3 is 0 Å². The molecule has 0 N–H and O–H groups in total. The Kier molecular flexibility index (Phi) is 12.6. The average Bonchev–Trinajstić information content (AvgIpc) is 3.56. The fourth-order valence-electron chi connectivity index (χ4n) is 11.9. The van der Waals surface area contributed by atoms with E-state index in [1.165, 1.54) is 123 Å². The third-order valence-corrected chi connectivity index (χ3v) is 16.4. The Bertz CT molecular complexity index is 3680. The highest BCUT2D eigenvalue weighted by Crippen LogP contribution is 2.51. The lowest BCUT2D eigenvalue weighted by molar-refractivity contribution is 0.570. The smallest absolute Gasteiger partial charge is 0.252 e. The normalized spacial score (nSPS) is 13.6. The summed E-state index contributed by atoms with van der Waals surface area (Å²) in [4.78, 5) is 5.29. The largest absolute Gasteiger partial charge is 0.311 e. The van der Waals surface area contributed by atoms with Crippen molar-refractivity contribution in [2.45, 2.75) is 131 Å². The average molecular weight is 1010 g/mol. The van der Waals surface area contributed by atoms with Gasteiger partial charge in [0.25, 0.3) is 6.71 Å². The molecular weight excluding hydrogens is 928 g/mol. The molecule has 2 nitrogen and oxygen atoms in total. The molecule has 0 spiro atoms. The van der Waals surface area contributed by atoms with Gasteiger partial charge in [0.1, 0.15) is 0 Å². The van der Waals surface area contributed by atoms with Crippen LogP contribution < -0.4 is 26.2 Å². The highest BCUT2D eigenvalue weighted by Gasteiger charge is 2.45. The topological polar surface area (TPSA) is 6.48 Å². The molecule has 9 aromatic carbocycles. The molecule has 9 aromatic rings. The van der Waals surface area contributed by atoms with Crippen molar-refractivity contribution in [3.8, 4) is 44.5 Å². The third kappa shape index (κ3) is 9.45. The van der Waals surface area contributed by atoms with Crippen molar-refractivity contribution >= 4 is 57.2 Å². The Balaban J connectivity index is 1.30. The van der Waals surface area contributed by atoms with Gasteiger partial charge in [0.05, 0.1) is 11.4 Å². The number of hydrogen-bond donors (Lipinski definition) is 0. The maximum Gasteiger partial charge on any atom is 0.252 e. The minimum atomic E-state index is -0.181. The van der Waals surface area contributed by atoms with Crippen LogP contribution in [-0.2, 0) is 27.1 Å². The van der Waals surface area contributed by atoms with E-state index in [4.69, 9.17) is 0 Å². The second kappa shape index (κ2) is 18.7. The summed E-state index contributed by atoms with van der Waals surface area (Å²) < 4.78 is 0. The van der Waals surface area contributed by atoms with E-state index in [2.05, 4.69) is 308 Å². The number of fused-ring (bicyclic) bond motifs is 4. The zero-order valence-electron chi connectivity index (χ0n) is 48.4. The number of hydrogen-bond acceptors (Lipinski definition) is 2. The molecule has 0 fully saturated rings. The van der Waals surface area contributed by atoms with E-state index < -0.39 is 0 Å². The number of benzene rings is 9. The van der Waals surface area contributed by atoms with Crippen molar-refractivity contribution in [2.24, 2.45) is 0 Å². The van der Waals surface area contributed by atoms with Crippen molar-refractivity contribution in [3.63, 3.8) is 0 Å². The molecule has 0 aromatic heterocycles. The third-order valence-electron chi connectivity index (χ3n) is 16.4. The van der Waals surface area contributed by atoms with Gasteiger partial charge in [0.2, 0.25) is 0 Å². The van der Waals surface area contributed by atoms with E-state index in [0.717, 1.165) is 0 Å². The summed E-state index contributed by atoms with van der Waals surface area (Å²) in [6.45, 7) is 35.1. The van der Waals surface area contributed by atoms with Gasteiger partial charge in [-0.05, 0) is 153 Å². The van der Waals surface area contributed by atoms with Crippen LogP contribution in [-0.4, -0.2) is 6.71 Å². The van der Waals surface area contributed by atoms with Gasteiger partial charge in [0.15, 0.2) is 0 Å². The van der Waals surface area contributed by atoms with Crippen LogP contribution in [0.15, 0.2) is 194 Å². The first kappa shape index (κ1) is 51.7. The molecule has 0 aliphatic carbocycles. The van der Waals surface area contributed by atoms with Gasteiger partial charge in [-0.2, -0.15) is 0 Å². The maximum absolute atomic E-state index is 2.65. The molecule has 77 heavy (non-hydrogen) atoms. The second-order valence-electron chi connectivity index (χ2n) is 27.2. The van der Waals surface area contributed by atoms with Crippen LogP contribution in [0.5, 0.6) is 0 Å². The molecule has 3 heteroatoms. The molecule has 2 aliphatic rings. The molecular formula is C74H77BN2. The van der Waals surface area contributed by atoms with Crippen LogP contribution in [0.2, 0.25) is 0 Å². The van der Waals surface area contributed by atoms with Crippen LogP contribution in [0.1, 0.15) is 132 Å². The Labute approximate surface area is 462 Å². The van der Waals surface area contributed by atoms with Crippen molar-refractivity contribution in [1.29, 1.82) is 0 Å². The Morgan fingerprint density at radius 3 is 1.06 bits per heavy atom. The van der Waals surface area contributed by atoms with Crippen LogP contribution in [0.25, 0.3) is 44.5 Å². The van der Waals surface area contributed by atoms with Crippen molar-refractivity contribution in [2.75, 3.05) is 9.80 Å². The van der Waals surface area contributed by atoms with Gasteiger partial charge in [-0.25, -0.2) is 0 Å². The van der Waals surface area contributed by atoms with Gasteiger partial charge < -0.3 is 9.80 Å². The van der Waals surface area contributed by atoms with Crippen molar-refractivity contribution in [3.05, 3.63) is 222 Å². The van der Waals surface area contributed by atoms with E-state index in [1.54, 1.807) is 0 Å². The Morgan fingerprint density at radius 1 is 0.260 bits per heavy atom. The lowest BCUT2D eigenvalue weighted by Crippen LogP contribution is -2.61.